The summed E-state index contributed by atoms with van der Waals surface area (Å²) < 4.78 is 5.50. The summed E-state index contributed by atoms with van der Waals surface area (Å²) in [5.41, 5.74) is 3.91. The molecule has 2 aromatic carbocycles. The zero-order valence-corrected chi connectivity index (χ0v) is 11.2. The van der Waals surface area contributed by atoms with E-state index in [0.29, 0.717) is 5.92 Å². The first-order valence-electron chi connectivity index (χ1n) is 6.83. The smallest absolute Gasteiger partial charge is 0.126 e. The standard InChI is InChI=1S/C17H19NO/c1-19-17-9-5-4-8-16(17)15-7-3-2-6-14(15)13-10-11-18-12-13/h2-9,13,18H,10-12H2,1H3. The highest BCUT2D eigenvalue weighted by Crippen LogP contribution is 2.36. The van der Waals surface area contributed by atoms with Gasteiger partial charge in [-0.1, -0.05) is 42.5 Å². The highest BCUT2D eigenvalue weighted by atomic mass is 16.5. The third-order valence-electron chi connectivity index (χ3n) is 3.86. The van der Waals surface area contributed by atoms with E-state index in [4.69, 9.17) is 4.74 Å². The molecule has 1 fully saturated rings. The zero-order valence-electron chi connectivity index (χ0n) is 11.2. The Bertz CT molecular complexity index is 559. The molecule has 0 amide bonds. The van der Waals surface area contributed by atoms with E-state index in [2.05, 4.69) is 41.7 Å². The molecule has 0 saturated carbocycles. The lowest BCUT2D eigenvalue weighted by atomic mass is 9.89. The molecule has 2 heteroatoms. The Labute approximate surface area is 114 Å². The number of nitrogens with one attached hydrogen (secondary N) is 1. The van der Waals surface area contributed by atoms with E-state index >= 15 is 0 Å². The number of benzene rings is 2. The molecule has 1 saturated heterocycles. The van der Waals surface area contributed by atoms with Gasteiger partial charge in [-0.2, -0.15) is 0 Å². The second-order valence-corrected chi connectivity index (χ2v) is 4.98. The Morgan fingerprint density at radius 3 is 2.47 bits per heavy atom. The average molecular weight is 253 g/mol. The quantitative estimate of drug-likeness (QED) is 0.904. The van der Waals surface area contributed by atoms with E-state index in [1.807, 2.05) is 12.1 Å². The lowest BCUT2D eigenvalue weighted by Gasteiger charge is -2.16. The Hall–Kier alpha value is -1.80. The molecule has 0 aliphatic carbocycles. The van der Waals surface area contributed by atoms with Crippen LogP contribution in [0, 0.1) is 0 Å². The molecular weight excluding hydrogens is 234 g/mol. The molecule has 0 radical (unpaired) electrons. The molecule has 0 aromatic heterocycles. The van der Waals surface area contributed by atoms with Crippen LogP contribution in [0.2, 0.25) is 0 Å². The zero-order chi connectivity index (χ0) is 13.1. The normalized spacial score (nSPS) is 18.5. The molecule has 1 aliphatic rings. The first-order valence-corrected chi connectivity index (χ1v) is 6.83. The van der Waals surface area contributed by atoms with Gasteiger partial charge in [0.25, 0.3) is 0 Å². The fourth-order valence-electron chi connectivity index (χ4n) is 2.89. The van der Waals surface area contributed by atoms with Crippen LogP contribution in [-0.4, -0.2) is 20.2 Å². The fourth-order valence-corrected chi connectivity index (χ4v) is 2.89. The summed E-state index contributed by atoms with van der Waals surface area (Å²) >= 11 is 0. The van der Waals surface area contributed by atoms with Crippen molar-refractivity contribution < 1.29 is 4.74 Å². The number of para-hydroxylation sites is 1. The summed E-state index contributed by atoms with van der Waals surface area (Å²) in [7, 11) is 1.73. The van der Waals surface area contributed by atoms with E-state index < -0.39 is 0 Å². The van der Waals surface area contributed by atoms with Gasteiger partial charge in [0.15, 0.2) is 0 Å². The molecule has 98 valence electrons. The van der Waals surface area contributed by atoms with Crippen molar-refractivity contribution in [2.45, 2.75) is 12.3 Å². The van der Waals surface area contributed by atoms with Gasteiger partial charge in [-0.3, -0.25) is 0 Å². The number of methoxy groups -OCH3 is 1. The minimum absolute atomic E-state index is 0.612. The topological polar surface area (TPSA) is 21.3 Å². The van der Waals surface area contributed by atoms with Crippen LogP contribution in [0.25, 0.3) is 11.1 Å². The van der Waals surface area contributed by atoms with Crippen molar-refractivity contribution in [1.29, 1.82) is 0 Å². The Morgan fingerprint density at radius 2 is 1.74 bits per heavy atom. The van der Waals surface area contributed by atoms with Crippen LogP contribution in [0.1, 0.15) is 17.9 Å². The largest absolute Gasteiger partial charge is 0.496 e. The number of ether oxygens (including phenoxy) is 1. The molecule has 1 N–H and O–H groups in total. The van der Waals surface area contributed by atoms with Crippen molar-refractivity contribution in [3.63, 3.8) is 0 Å². The summed E-state index contributed by atoms with van der Waals surface area (Å²) in [5, 5.41) is 3.45. The highest BCUT2D eigenvalue weighted by molar-refractivity contribution is 5.74. The summed E-state index contributed by atoms with van der Waals surface area (Å²) in [6, 6.07) is 16.9. The van der Waals surface area contributed by atoms with Gasteiger partial charge in [0, 0.05) is 12.1 Å². The average Bonchev–Trinajstić information content (AvgIpc) is 3.01. The lowest BCUT2D eigenvalue weighted by Crippen LogP contribution is -2.08. The minimum atomic E-state index is 0.612. The van der Waals surface area contributed by atoms with Crippen molar-refractivity contribution in [1.82, 2.24) is 5.32 Å². The second kappa shape index (κ2) is 5.45. The van der Waals surface area contributed by atoms with Gasteiger partial charge in [-0.25, -0.2) is 0 Å². The van der Waals surface area contributed by atoms with Crippen molar-refractivity contribution in [2.75, 3.05) is 20.2 Å². The summed E-state index contributed by atoms with van der Waals surface area (Å²) in [6.07, 6.45) is 1.21. The predicted octanol–water partition coefficient (Wildman–Crippen LogP) is 3.44. The Morgan fingerprint density at radius 1 is 1.00 bits per heavy atom. The van der Waals surface area contributed by atoms with Crippen molar-refractivity contribution in [3.05, 3.63) is 54.1 Å². The summed E-state index contributed by atoms with van der Waals surface area (Å²) in [6.45, 7) is 2.19. The minimum Gasteiger partial charge on any atom is -0.496 e. The molecule has 1 unspecified atom stereocenters. The third-order valence-corrected chi connectivity index (χ3v) is 3.86. The second-order valence-electron chi connectivity index (χ2n) is 4.98. The van der Waals surface area contributed by atoms with Crippen LogP contribution in [0.4, 0.5) is 0 Å². The van der Waals surface area contributed by atoms with E-state index in [1.54, 1.807) is 7.11 Å². The Balaban J connectivity index is 2.09. The van der Waals surface area contributed by atoms with Crippen molar-refractivity contribution in [2.24, 2.45) is 0 Å². The molecule has 1 atom stereocenters. The van der Waals surface area contributed by atoms with Gasteiger partial charge in [-0.05, 0) is 36.1 Å². The van der Waals surface area contributed by atoms with Crippen molar-refractivity contribution in [3.8, 4) is 16.9 Å². The van der Waals surface area contributed by atoms with E-state index in [1.165, 1.54) is 23.1 Å². The monoisotopic (exact) mass is 253 g/mol. The fraction of sp³-hybridized carbons (Fsp3) is 0.294. The van der Waals surface area contributed by atoms with E-state index in [0.717, 1.165) is 18.8 Å². The van der Waals surface area contributed by atoms with Gasteiger partial charge in [0.2, 0.25) is 0 Å². The van der Waals surface area contributed by atoms with Crippen LogP contribution in [0.5, 0.6) is 5.75 Å². The van der Waals surface area contributed by atoms with E-state index in [-0.39, 0.29) is 0 Å². The number of rotatable bonds is 3. The maximum absolute atomic E-state index is 5.50. The molecule has 2 aromatic rings. The van der Waals surface area contributed by atoms with Crippen LogP contribution in [-0.2, 0) is 0 Å². The predicted molar refractivity (Wildman–Crippen MR) is 78.7 cm³/mol. The van der Waals surface area contributed by atoms with Crippen LogP contribution in [0.15, 0.2) is 48.5 Å². The molecule has 1 aliphatic heterocycles. The highest BCUT2D eigenvalue weighted by Gasteiger charge is 2.20. The first-order chi connectivity index (χ1) is 9.40. The van der Waals surface area contributed by atoms with Crippen molar-refractivity contribution >= 4 is 0 Å². The maximum atomic E-state index is 5.50. The lowest BCUT2D eigenvalue weighted by molar-refractivity contribution is 0.416. The third kappa shape index (κ3) is 2.36. The van der Waals surface area contributed by atoms with Crippen LogP contribution < -0.4 is 10.1 Å². The van der Waals surface area contributed by atoms with Crippen LogP contribution >= 0.6 is 0 Å². The molecule has 0 spiro atoms. The molecular formula is C17H19NO. The van der Waals surface area contributed by atoms with Gasteiger partial charge in [0.1, 0.15) is 5.75 Å². The van der Waals surface area contributed by atoms with Gasteiger partial charge < -0.3 is 10.1 Å². The van der Waals surface area contributed by atoms with Crippen LogP contribution in [0.3, 0.4) is 0 Å². The summed E-state index contributed by atoms with van der Waals surface area (Å²) in [5.74, 6) is 1.56. The molecule has 2 nitrogen and oxygen atoms in total. The molecule has 0 bridgehead atoms. The first kappa shape index (κ1) is 12.2. The number of hydrogen-bond donors (Lipinski definition) is 1. The van der Waals surface area contributed by atoms with Gasteiger partial charge in [-0.15, -0.1) is 0 Å². The summed E-state index contributed by atoms with van der Waals surface area (Å²) in [4.78, 5) is 0. The maximum Gasteiger partial charge on any atom is 0.126 e. The molecule has 19 heavy (non-hydrogen) atoms. The van der Waals surface area contributed by atoms with E-state index in [9.17, 15) is 0 Å². The van der Waals surface area contributed by atoms with Gasteiger partial charge in [0.05, 0.1) is 7.11 Å². The molecule has 1 heterocycles. The van der Waals surface area contributed by atoms with Gasteiger partial charge >= 0.3 is 0 Å². The Kier molecular flexibility index (Phi) is 3.51. The number of hydrogen-bond acceptors (Lipinski definition) is 2. The SMILES string of the molecule is COc1ccccc1-c1ccccc1C1CCNC1. The molecule has 3 rings (SSSR count).